The lowest BCUT2D eigenvalue weighted by Gasteiger charge is -2.09. The highest BCUT2D eigenvalue weighted by Gasteiger charge is 2.15. The monoisotopic (exact) mass is 267 g/mol. The van der Waals surface area contributed by atoms with Crippen molar-refractivity contribution in [3.63, 3.8) is 0 Å². The summed E-state index contributed by atoms with van der Waals surface area (Å²) in [6.45, 7) is 1.89. The third kappa shape index (κ3) is 3.36. The topological polar surface area (TPSA) is 68.0 Å². The van der Waals surface area contributed by atoms with Gasteiger partial charge >= 0.3 is 0 Å². The molecule has 3 N–H and O–H groups in total. The fourth-order valence-electron chi connectivity index (χ4n) is 1.35. The molecule has 0 aromatic carbocycles. The van der Waals surface area contributed by atoms with E-state index in [2.05, 4.69) is 10.3 Å². The van der Waals surface area contributed by atoms with Gasteiger partial charge in [0.15, 0.2) is 5.13 Å². The number of nitrogens with two attached hydrogens (primary N) is 1. The Kier molecular flexibility index (Phi) is 3.88. The summed E-state index contributed by atoms with van der Waals surface area (Å²) >= 11 is 3.01. The number of hydrogen-bond acceptors (Lipinski definition) is 5. The summed E-state index contributed by atoms with van der Waals surface area (Å²) < 4.78 is 0. The lowest BCUT2D eigenvalue weighted by Crippen LogP contribution is -2.37. The van der Waals surface area contributed by atoms with Crippen LogP contribution in [0.1, 0.15) is 10.6 Å². The van der Waals surface area contributed by atoms with Crippen LogP contribution in [0.4, 0.5) is 5.13 Å². The number of nitrogens with one attached hydrogen (secondary N) is 1. The van der Waals surface area contributed by atoms with Crippen molar-refractivity contribution >= 4 is 33.7 Å². The first kappa shape index (κ1) is 12.2. The SMILES string of the molecule is Cc1csc(NC(=O)[C@@H](N)Cc2cccs2)n1. The molecule has 1 atom stereocenters. The zero-order valence-electron chi connectivity index (χ0n) is 9.34. The molecule has 0 saturated heterocycles. The molecule has 4 nitrogen and oxygen atoms in total. The lowest BCUT2D eigenvalue weighted by molar-refractivity contribution is -0.117. The minimum Gasteiger partial charge on any atom is -0.320 e. The number of hydrogen-bond donors (Lipinski definition) is 2. The number of nitrogens with zero attached hydrogens (tertiary/aromatic N) is 1. The molecule has 0 spiro atoms. The van der Waals surface area contributed by atoms with Crippen molar-refractivity contribution < 1.29 is 4.79 Å². The van der Waals surface area contributed by atoms with E-state index in [4.69, 9.17) is 5.73 Å². The number of amides is 1. The second kappa shape index (κ2) is 5.39. The summed E-state index contributed by atoms with van der Waals surface area (Å²) in [7, 11) is 0. The fraction of sp³-hybridized carbons (Fsp3) is 0.273. The first-order chi connectivity index (χ1) is 8.15. The van der Waals surface area contributed by atoms with E-state index in [1.165, 1.54) is 11.3 Å². The summed E-state index contributed by atoms with van der Waals surface area (Å²) in [5.74, 6) is -0.187. The summed E-state index contributed by atoms with van der Waals surface area (Å²) in [4.78, 5) is 17.1. The minimum absolute atomic E-state index is 0.187. The van der Waals surface area contributed by atoms with Crippen LogP contribution in [0.5, 0.6) is 0 Å². The van der Waals surface area contributed by atoms with E-state index in [1.54, 1.807) is 11.3 Å². The second-order valence-electron chi connectivity index (χ2n) is 3.67. The molecule has 0 unspecified atom stereocenters. The van der Waals surface area contributed by atoms with Crippen molar-refractivity contribution in [2.24, 2.45) is 5.73 Å². The molecule has 0 radical (unpaired) electrons. The van der Waals surface area contributed by atoms with E-state index in [-0.39, 0.29) is 5.91 Å². The Labute approximate surface area is 107 Å². The van der Waals surface area contributed by atoms with Crippen LogP contribution in [0.2, 0.25) is 0 Å². The maximum atomic E-state index is 11.8. The number of carbonyl (C=O) groups is 1. The zero-order valence-corrected chi connectivity index (χ0v) is 11.0. The van der Waals surface area contributed by atoms with Gasteiger partial charge in [0.1, 0.15) is 0 Å². The second-order valence-corrected chi connectivity index (χ2v) is 5.56. The molecule has 0 aliphatic rings. The van der Waals surface area contributed by atoms with Crippen molar-refractivity contribution in [3.05, 3.63) is 33.5 Å². The normalized spacial score (nSPS) is 12.4. The quantitative estimate of drug-likeness (QED) is 0.890. The smallest absolute Gasteiger partial charge is 0.243 e. The van der Waals surface area contributed by atoms with Crippen LogP contribution in [0.15, 0.2) is 22.9 Å². The van der Waals surface area contributed by atoms with E-state index < -0.39 is 6.04 Å². The maximum absolute atomic E-state index is 11.8. The van der Waals surface area contributed by atoms with Crippen molar-refractivity contribution in [2.45, 2.75) is 19.4 Å². The van der Waals surface area contributed by atoms with Gasteiger partial charge in [-0.1, -0.05) is 6.07 Å². The number of anilines is 1. The van der Waals surface area contributed by atoms with Crippen molar-refractivity contribution in [2.75, 3.05) is 5.32 Å². The molecule has 2 aromatic rings. The van der Waals surface area contributed by atoms with Gasteiger partial charge in [0.05, 0.1) is 11.7 Å². The first-order valence-corrected chi connectivity index (χ1v) is 6.92. The molecule has 17 heavy (non-hydrogen) atoms. The van der Waals surface area contributed by atoms with E-state index in [0.717, 1.165) is 10.6 Å². The lowest BCUT2D eigenvalue weighted by atomic mass is 10.2. The highest BCUT2D eigenvalue weighted by molar-refractivity contribution is 7.14. The third-order valence-corrected chi connectivity index (χ3v) is 3.96. The molecule has 0 aliphatic carbocycles. The summed E-state index contributed by atoms with van der Waals surface area (Å²) in [6, 6.07) is 3.40. The highest BCUT2D eigenvalue weighted by Crippen LogP contribution is 2.15. The number of aromatic nitrogens is 1. The predicted octanol–water partition coefficient (Wildman–Crippen LogP) is 2.02. The van der Waals surface area contributed by atoms with Gasteiger partial charge in [-0.3, -0.25) is 4.79 Å². The summed E-state index contributed by atoms with van der Waals surface area (Å²) in [5, 5.41) is 7.19. The summed E-state index contributed by atoms with van der Waals surface area (Å²) in [5.41, 5.74) is 6.73. The molecule has 2 aromatic heterocycles. The molecule has 2 heterocycles. The Morgan fingerprint density at radius 2 is 2.41 bits per heavy atom. The Hall–Kier alpha value is -1.24. The van der Waals surface area contributed by atoms with Gasteiger partial charge in [0.2, 0.25) is 5.91 Å². The molecular weight excluding hydrogens is 254 g/mol. The van der Waals surface area contributed by atoms with Crippen LogP contribution >= 0.6 is 22.7 Å². The Morgan fingerprint density at radius 3 is 3.00 bits per heavy atom. The molecule has 1 amide bonds. The minimum atomic E-state index is -0.530. The van der Waals surface area contributed by atoms with Crippen molar-refractivity contribution in [1.82, 2.24) is 4.98 Å². The van der Waals surface area contributed by atoms with E-state index in [9.17, 15) is 4.79 Å². The Bertz CT molecular complexity index is 493. The molecule has 0 aliphatic heterocycles. The van der Waals surface area contributed by atoms with E-state index in [0.29, 0.717) is 11.6 Å². The molecule has 6 heteroatoms. The van der Waals surface area contributed by atoms with Gasteiger partial charge in [-0.2, -0.15) is 0 Å². The highest BCUT2D eigenvalue weighted by atomic mass is 32.1. The van der Waals surface area contributed by atoms with Crippen LogP contribution in [0.25, 0.3) is 0 Å². The predicted molar refractivity (Wildman–Crippen MR) is 71.5 cm³/mol. The van der Waals surface area contributed by atoms with Gasteiger partial charge in [0, 0.05) is 16.7 Å². The number of rotatable bonds is 4. The molecule has 0 saturated carbocycles. The number of carbonyl (C=O) groups excluding carboxylic acids is 1. The van der Waals surface area contributed by atoms with Crippen LogP contribution < -0.4 is 11.1 Å². The van der Waals surface area contributed by atoms with Gasteiger partial charge in [-0.25, -0.2) is 4.98 Å². The molecular formula is C11H13N3OS2. The largest absolute Gasteiger partial charge is 0.320 e. The average Bonchev–Trinajstić information content (AvgIpc) is 2.90. The number of aryl methyl sites for hydroxylation is 1. The maximum Gasteiger partial charge on any atom is 0.243 e. The molecule has 0 bridgehead atoms. The van der Waals surface area contributed by atoms with Crippen molar-refractivity contribution in [1.29, 1.82) is 0 Å². The Balaban J connectivity index is 1.91. The van der Waals surface area contributed by atoms with Gasteiger partial charge in [-0.05, 0) is 18.4 Å². The third-order valence-electron chi connectivity index (χ3n) is 2.19. The van der Waals surface area contributed by atoms with Crippen molar-refractivity contribution in [3.8, 4) is 0 Å². The van der Waals surface area contributed by atoms with Crippen LogP contribution in [0, 0.1) is 6.92 Å². The molecule has 2 rings (SSSR count). The van der Waals surface area contributed by atoms with Gasteiger partial charge < -0.3 is 11.1 Å². The number of thiazole rings is 1. The average molecular weight is 267 g/mol. The number of thiophene rings is 1. The molecule has 90 valence electrons. The van der Waals surface area contributed by atoms with E-state index >= 15 is 0 Å². The van der Waals surface area contributed by atoms with Crippen LogP contribution in [0.3, 0.4) is 0 Å². The zero-order chi connectivity index (χ0) is 12.3. The van der Waals surface area contributed by atoms with Crippen LogP contribution in [-0.4, -0.2) is 16.9 Å². The van der Waals surface area contributed by atoms with Gasteiger partial charge in [-0.15, -0.1) is 22.7 Å². The first-order valence-electron chi connectivity index (χ1n) is 5.16. The standard InChI is InChI=1S/C11H13N3OS2/c1-7-6-17-11(13-7)14-10(15)9(12)5-8-3-2-4-16-8/h2-4,6,9H,5,12H2,1H3,(H,13,14,15)/t9-/m0/s1. The summed E-state index contributed by atoms with van der Waals surface area (Å²) in [6.07, 6.45) is 0.563. The van der Waals surface area contributed by atoms with Crippen LogP contribution in [-0.2, 0) is 11.2 Å². The Morgan fingerprint density at radius 1 is 1.59 bits per heavy atom. The molecule has 0 fully saturated rings. The van der Waals surface area contributed by atoms with E-state index in [1.807, 2.05) is 29.8 Å². The fourth-order valence-corrected chi connectivity index (χ4v) is 2.80. The van der Waals surface area contributed by atoms with Gasteiger partial charge in [0.25, 0.3) is 0 Å².